The molecule has 0 saturated carbocycles. The van der Waals surface area contributed by atoms with E-state index in [9.17, 15) is 4.79 Å². The summed E-state index contributed by atoms with van der Waals surface area (Å²) in [6.45, 7) is 0.465. The van der Waals surface area contributed by atoms with E-state index in [2.05, 4.69) is 15.3 Å². The van der Waals surface area contributed by atoms with Gasteiger partial charge in [0.25, 0.3) is 5.91 Å². The van der Waals surface area contributed by atoms with Crippen LogP contribution in [0.15, 0.2) is 12.4 Å². The molecule has 0 fully saturated rings. The van der Waals surface area contributed by atoms with Crippen molar-refractivity contribution in [1.29, 1.82) is 0 Å². The lowest BCUT2D eigenvalue weighted by Crippen LogP contribution is -2.25. The first kappa shape index (κ1) is 10.9. The van der Waals surface area contributed by atoms with Crippen molar-refractivity contribution in [2.75, 3.05) is 13.2 Å². The van der Waals surface area contributed by atoms with Crippen LogP contribution in [0.2, 0.25) is 5.15 Å². The highest BCUT2D eigenvalue weighted by molar-refractivity contribution is 6.29. The molecule has 0 bridgehead atoms. The molecule has 5 nitrogen and oxygen atoms in total. The second-order valence-electron chi connectivity index (χ2n) is 2.56. The number of hydrogen-bond acceptors (Lipinski definition) is 4. The Balaban J connectivity index is 2.48. The highest BCUT2D eigenvalue weighted by atomic mass is 35.5. The lowest BCUT2D eigenvalue weighted by atomic mass is 10.4. The molecule has 1 amide bonds. The molecule has 0 aliphatic rings. The van der Waals surface area contributed by atoms with Crippen LogP contribution in [0.5, 0.6) is 0 Å². The Morgan fingerprint density at radius 2 is 2.29 bits per heavy atom. The van der Waals surface area contributed by atoms with E-state index in [-0.39, 0.29) is 23.4 Å². The van der Waals surface area contributed by atoms with Gasteiger partial charge in [0.2, 0.25) is 0 Å². The van der Waals surface area contributed by atoms with Crippen LogP contribution < -0.4 is 5.32 Å². The molecule has 0 aliphatic heterocycles. The topological polar surface area (TPSA) is 75.1 Å². The molecule has 1 heterocycles. The SMILES string of the molecule is O=C(NCCCO)c1cnc(Cl)cn1. The van der Waals surface area contributed by atoms with Crippen LogP contribution >= 0.6 is 11.6 Å². The number of aliphatic hydroxyl groups is 1. The fourth-order valence-electron chi connectivity index (χ4n) is 0.801. The number of aliphatic hydroxyl groups excluding tert-OH is 1. The number of carbonyl (C=O) groups excluding carboxylic acids is 1. The second kappa shape index (κ2) is 5.51. The zero-order valence-corrected chi connectivity index (χ0v) is 8.16. The van der Waals surface area contributed by atoms with Crippen LogP contribution in [0.4, 0.5) is 0 Å². The number of aromatic nitrogens is 2. The minimum absolute atomic E-state index is 0.0482. The Kier molecular flexibility index (Phi) is 4.28. The highest BCUT2D eigenvalue weighted by Gasteiger charge is 2.05. The summed E-state index contributed by atoms with van der Waals surface area (Å²) < 4.78 is 0. The number of nitrogens with one attached hydrogen (secondary N) is 1. The summed E-state index contributed by atoms with van der Waals surface area (Å²) in [7, 11) is 0. The van der Waals surface area contributed by atoms with Gasteiger partial charge in [0.1, 0.15) is 10.8 Å². The average molecular weight is 216 g/mol. The second-order valence-corrected chi connectivity index (χ2v) is 2.94. The third kappa shape index (κ3) is 3.27. The summed E-state index contributed by atoms with van der Waals surface area (Å²) in [6.07, 6.45) is 3.13. The summed E-state index contributed by atoms with van der Waals surface area (Å²) in [5.41, 5.74) is 0.215. The van der Waals surface area contributed by atoms with Crippen molar-refractivity contribution in [2.45, 2.75) is 6.42 Å². The predicted molar refractivity (Wildman–Crippen MR) is 51.1 cm³/mol. The summed E-state index contributed by atoms with van der Waals surface area (Å²) >= 11 is 5.50. The van der Waals surface area contributed by atoms with Crippen molar-refractivity contribution in [1.82, 2.24) is 15.3 Å². The quantitative estimate of drug-likeness (QED) is 0.706. The van der Waals surface area contributed by atoms with Crippen LogP contribution in [0, 0.1) is 0 Å². The molecule has 1 rings (SSSR count). The highest BCUT2D eigenvalue weighted by Crippen LogP contribution is 2.00. The van der Waals surface area contributed by atoms with E-state index < -0.39 is 0 Å². The van der Waals surface area contributed by atoms with Gasteiger partial charge >= 0.3 is 0 Å². The van der Waals surface area contributed by atoms with Gasteiger partial charge in [0.05, 0.1) is 12.4 Å². The number of nitrogens with zero attached hydrogens (tertiary/aromatic N) is 2. The smallest absolute Gasteiger partial charge is 0.271 e. The van der Waals surface area contributed by atoms with E-state index in [1.54, 1.807) is 0 Å². The minimum atomic E-state index is -0.317. The van der Waals surface area contributed by atoms with Crippen LogP contribution in [0.3, 0.4) is 0 Å². The van der Waals surface area contributed by atoms with Crippen molar-refractivity contribution >= 4 is 17.5 Å². The molecule has 0 spiro atoms. The monoisotopic (exact) mass is 215 g/mol. The number of rotatable bonds is 4. The molecule has 76 valence electrons. The Bertz CT molecular complexity index is 302. The number of halogens is 1. The number of carbonyl (C=O) groups is 1. The van der Waals surface area contributed by atoms with Crippen molar-refractivity contribution < 1.29 is 9.90 Å². The minimum Gasteiger partial charge on any atom is -0.396 e. The largest absolute Gasteiger partial charge is 0.396 e. The molecule has 0 unspecified atom stereocenters. The van der Waals surface area contributed by atoms with Gasteiger partial charge in [0, 0.05) is 13.2 Å². The molecular formula is C8H10ClN3O2. The van der Waals surface area contributed by atoms with E-state index in [1.807, 2.05) is 0 Å². The maximum atomic E-state index is 11.3. The average Bonchev–Trinajstić information content (AvgIpc) is 2.19. The van der Waals surface area contributed by atoms with Gasteiger partial charge in [-0.3, -0.25) is 4.79 Å². The van der Waals surface area contributed by atoms with Gasteiger partial charge in [0.15, 0.2) is 0 Å². The molecule has 0 radical (unpaired) electrons. The zero-order chi connectivity index (χ0) is 10.4. The molecule has 14 heavy (non-hydrogen) atoms. The van der Waals surface area contributed by atoms with E-state index in [1.165, 1.54) is 12.4 Å². The third-order valence-corrected chi connectivity index (χ3v) is 1.67. The van der Waals surface area contributed by atoms with Gasteiger partial charge in [-0.2, -0.15) is 0 Å². The Labute approximate surface area is 86.1 Å². The lowest BCUT2D eigenvalue weighted by molar-refractivity contribution is 0.0946. The standard InChI is InChI=1S/C8H10ClN3O2/c9-7-5-11-6(4-12-7)8(14)10-2-1-3-13/h4-5,13H,1-3H2,(H,10,14). The third-order valence-electron chi connectivity index (χ3n) is 1.47. The summed E-state index contributed by atoms with van der Waals surface area (Å²) in [4.78, 5) is 18.8. The molecule has 0 atom stereocenters. The van der Waals surface area contributed by atoms with E-state index in [4.69, 9.17) is 16.7 Å². The number of amides is 1. The van der Waals surface area contributed by atoms with Gasteiger partial charge in [-0.25, -0.2) is 9.97 Å². The van der Waals surface area contributed by atoms with Gasteiger partial charge in [-0.05, 0) is 6.42 Å². The zero-order valence-electron chi connectivity index (χ0n) is 7.40. The van der Waals surface area contributed by atoms with Crippen LogP contribution in [-0.4, -0.2) is 34.1 Å². The van der Waals surface area contributed by atoms with Crippen LogP contribution in [0.1, 0.15) is 16.9 Å². The van der Waals surface area contributed by atoms with Crippen molar-refractivity contribution in [3.8, 4) is 0 Å². The number of hydrogen-bond donors (Lipinski definition) is 2. The van der Waals surface area contributed by atoms with Crippen LogP contribution in [-0.2, 0) is 0 Å². The predicted octanol–water partition coefficient (Wildman–Crippen LogP) is 0.242. The maximum Gasteiger partial charge on any atom is 0.271 e. The summed E-state index contributed by atoms with van der Waals surface area (Å²) in [5.74, 6) is -0.317. The molecule has 1 aromatic heterocycles. The van der Waals surface area contributed by atoms with Gasteiger partial charge in [-0.15, -0.1) is 0 Å². The molecule has 2 N–H and O–H groups in total. The van der Waals surface area contributed by atoms with Crippen molar-refractivity contribution in [2.24, 2.45) is 0 Å². The summed E-state index contributed by atoms with van der Waals surface area (Å²) in [5, 5.41) is 11.3. The fraction of sp³-hybridized carbons (Fsp3) is 0.375. The Hall–Kier alpha value is -1.20. The first-order valence-corrected chi connectivity index (χ1v) is 4.48. The van der Waals surface area contributed by atoms with Crippen molar-refractivity contribution in [3.63, 3.8) is 0 Å². The Morgan fingerprint density at radius 1 is 1.50 bits per heavy atom. The van der Waals surface area contributed by atoms with E-state index in [0.29, 0.717) is 13.0 Å². The van der Waals surface area contributed by atoms with Crippen LogP contribution in [0.25, 0.3) is 0 Å². The van der Waals surface area contributed by atoms with E-state index >= 15 is 0 Å². The molecule has 1 aromatic rings. The van der Waals surface area contributed by atoms with E-state index in [0.717, 1.165) is 0 Å². The first-order chi connectivity index (χ1) is 6.74. The van der Waals surface area contributed by atoms with Crippen molar-refractivity contribution in [3.05, 3.63) is 23.2 Å². The molecule has 0 saturated heterocycles. The maximum absolute atomic E-state index is 11.3. The molecule has 0 aromatic carbocycles. The molecule has 6 heteroatoms. The Morgan fingerprint density at radius 3 is 2.86 bits per heavy atom. The first-order valence-electron chi connectivity index (χ1n) is 4.10. The molecule has 0 aliphatic carbocycles. The molecular weight excluding hydrogens is 206 g/mol. The summed E-state index contributed by atoms with van der Waals surface area (Å²) in [6, 6.07) is 0. The lowest BCUT2D eigenvalue weighted by Gasteiger charge is -2.02. The normalized spacial score (nSPS) is 9.86. The van der Waals surface area contributed by atoms with Gasteiger partial charge < -0.3 is 10.4 Å². The fourth-order valence-corrected chi connectivity index (χ4v) is 0.899. The van der Waals surface area contributed by atoms with Gasteiger partial charge in [-0.1, -0.05) is 11.6 Å².